The number of carbonyl (C=O) groups excluding carboxylic acids is 2. The maximum atomic E-state index is 12.4. The molecule has 0 aliphatic heterocycles. The van der Waals surface area contributed by atoms with Crippen LogP contribution in [0.4, 0.5) is 0 Å². The van der Waals surface area contributed by atoms with Gasteiger partial charge in [-0.3, -0.25) is 9.59 Å². The SMILES string of the molecule is CC1CCC(C(C)C)C(OC(=O)CCC(=O)OC2C[C@@H](C)CCC2C(C)C)C1. The van der Waals surface area contributed by atoms with E-state index in [1.807, 2.05) is 0 Å². The van der Waals surface area contributed by atoms with Crippen molar-refractivity contribution in [3.8, 4) is 0 Å². The maximum Gasteiger partial charge on any atom is 0.306 e. The van der Waals surface area contributed by atoms with Gasteiger partial charge in [0.2, 0.25) is 0 Å². The molecule has 0 saturated heterocycles. The van der Waals surface area contributed by atoms with Crippen LogP contribution in [-0.2, 0) is 19.1 Å². The van der Waals surface area contributed by atoms with E-state index in [0.29, 0.717) is 35.5 Å². The highest BCUT2D eigenvalue weighted by Crippen LogP contribution is 2.36. The molecule has 6 atom stereocenters. The topological polar surface area (TPSA) is 52.6 Å². The fraction of sp³-hybridized carbons (Fsp3) is 0.917. The molecule has 2 aliphatic rings. The van der Waals surface area contributed by atoms with Gasteiger partial charge in [-0.2, -0.15) is 0 Å². The highest BCUT2D eigenvalue weighted by molar-refractivity contribution is 5.77. The predicted molar refractivity (Wildman–Crippen MR) is 112 cm³/mol. The van der Waals surface area contributed by atoms with Crippen LogP contribution in [0.3, 0.4) is 0 Å². The largest absolute Gasteiger partial charge is 0.462 e. The Hall–Kier alpha value is -1.06. The molecule has 2 aliphatic carbocycles. The van der Waals surface area contributed by atoms with Gasteiger partial charge in [-0.15, -0.1) is 0 Å². The third-order valence-corrected chi connectivity index (χ3v) is 7.02. The quantitative estimate of drug-likeness (QED) is 0.514. The van der Waals surface area contributed by atoms with Gasteiger partial charge in [0.25, 0.3) is 0 Å². The van der Waals surface area contributed by atoms with Gasteiger partial charge in [-0.1, -0.05) is 54.4 Å². The number of hydrogen-bond donors (Lipinski definition) is 0. The van der Waals surface area contributed by atoms with Crippen LogP contribution in [0.25, 0.3) is 0 Å². The molecule has 0 N–H and O–H groups in total. The predicted octanol–water partition coefficient (Wildman–Crippen LogP) is 5.77. The van der Waals surface area contributed by atoms with Crippen molar-refractivity contribution in [1.29, 1.82) is 0 Å². The minimum Gasteiger partial charge on any atom is -0.462 e. The van der Waals surface area contributed by atoms with Gasteiger partial charge in [0.15, 0.2) is 0 Å². The number of ether oxygens (including phenoxy) is 2. The van der Waals surface area contributed by atoms with E-state index >= 15 is 0 Å². The van der Waals surface area contributed by atoms with Crippen LogP contribution in [0.15, 0.2) is 0 Å². The number of hydrogen-bond acceptors (Lipinski definition) is 4. The summed E-state index contributed by atoms with van der Waals surface area (Å²) in [5.41, 5.74) is 0. The molecule has 0 radical (unpaired) electrons. The molecular weight excluding hydrogens is 352 g/mol. The van der Waals surface area contributed by atoms with Gasteiger partial charge < -0.3 is 9.47 Å². The summed E-state index contributed by atoms with van der Waals surface area (Å²) in [5.74, 6) is 2.58. The summed E-state index contributed by atoms with van der Waals surface area (Å²) in [6, 6.07) is 0. The van der Waals surface area contributed by atoms with Gasteiger partial charge in [0, 0.05) is 0 Å². The maximum absolute atomic E-state index is 12.4. The van der Waals surface area contributed by atoms with Crippen molar-refractivity contribution in [1.82, 2.24) is 0 Å². The van der Waals surface area contributed by atoms with Crippen molar-refractivity contribution in [2.75, 3.05) is 0 Å². The molecule has 0 aromatic carbocycles. The minimum atomic E-state index is -0.251. The first-order valence-electron chi connectivity index (χ1n) is 11.6. The van der Waals surface area contributed by atoms with Crippen molar-refractivity contribution in [3.63, 3.8) is 0 Å². The molecule has 2 fully saturated rings. The summed E-state index contributed by atoms with van der Waals surface area (Å²) in [7, 11) is 0. The van der Waals surface area contributed by atoms with Gasteiger partial charge in [-0.25, -0.2) is 0 Å². The average Bonchev–Trinajstić information content (AvgIpc) is 2.59. The van der Waals surface area contributed by atoms with Crippen LogP contribution in [-0.4, -0.2) is 24.1 Å². The van der Waals surface area contributed by atoms with E-state index in [1.165, 1.54) is 12.8 Å². The normalized spacial score (nSPS) is 33.7. The van der Waals surface area contributed by atoms with E-state index in [4.69, 9.17) is 9.47 Å². The van der Waals surface area contributed by atoms with Crippen molar-refractivity contribution < 1.29 is 19.1 Å². The van der Waals surface area contributed by atoms with Gasteiger partial charge in [-0.05, 0) is 61.2 Å². The summed E-state index contributed by atoms with van der Waals surface area (Å²) >= 11 is 0. The van der Waals surface area contributed by atoms with Gasteiger partial charge in [0.1, 0.15) is 12.2 Å². The van der Waals surface area contributed by atoms with Crippen LogP contribution >= 0.6 is 0 Å². The lowest BCUT2D eigenvalue weighted by molar-refractivity contribution is -0.163. The minimum absolute atomic E-state index is 0.00298. The fourth-order valence-electron chi connectivity index (χ4n) is 5.16. The zero-order chi connectivity index (χ0) is 20.8. The Morgan fingerprint density at radius 3 is 1.39 bits per heavy atom. The third-order valence-electron chi connectivity index (χ3n) is 7.02. The Morgan fingerprint density at radius 2 is 1.07 bits per heavy atom. The van der Waals surface area contributed by atoms with E-state index in [0.717, 1.165) is 25.7 Å². The van der Waals surface area contributed by atoms with Gasteiger partial charge in [0.05, 0.1) is 12.8 Å². The Balaban J connectivity index is 1.80. The summed E-state index contributed by atoms with van der Waals surface area (Å²) in [6.07, 6.45) is 6.79. The molecule has 28 heavy (non-hydrogen) atoms. The lowest BCUT2D eigenvalue weighted by Crippen LogP contribution is -2.36. The highest BCUT2D eigenvalue weighted by Gasteiger charge is 2.35. The summed E-state index contributed by atoms with van der Waals surface area (Å²) < 4.78 is 11.6. The molecule has 162 valence electrons. The second-order valence-corrected chi connectivity index (χ2v) is 10.2. The van der Waals surface area contributed by atoms with Crippen LogP contribution in [0.1, 0.15) is 92.9 Å². The monoisotopic (exact) mass is 394 g/mol. The highest BCUT2D eigenvalue weighted by atomic mass is 16.6. The second-order valence-electron chi connectivity index (χ2n) is 10.2. The number of carbonyl (C=O) groups is 2. The van der Waals surface area contributed by atoms with Gasteiger partial charge >= 0.3 is 11.9 Å². The van der Waals surface area contributed by atoms with Crippen LogP contribution < -0.4 is 0 Å². The molecule has 2 rings (SSSR count). The lowest BCUT2D eigenvalue weighted by Gasteiger charge is -2.37. The van der Waals surface area contributed by atoms with E-state index in [-0.39, 0.29) is 37.0 Å². The number of esters is 2. The molecule has 2 saturated carbocycles. The number of rotatable bonds is 7. The standard InChI is InChI=1S/C24H42O4/c1-15(2)19-9-7-17(5)13-21(19)27-23(25)11-12-24(26)28-22-14-18(6)8-10-20(22)16(3)4/h15-22H,7-14H2,1-6H3/t17-,18?,19?,20?,21?,22?/m0/s1. The first kappa shape index (κ1) is 23.2. The summed E-state index contributed by atoms with van der Waals surface area (Å²) in [4.78, 5) is 24.8. The zero-order valence-corrected chi connectivity index (χ0v) is 18.9. The third kappa shape index (κ3) is 6.77. The Kier molecular flexibility index (Phi) is 8.82. The van der Waals surface area contributed by atoms with E-state index in [9.17, 15) is 9.59 Å². The van der Waals surface area contributed by atoms with Crippen molar-refractivity contribution in [3.05, 3.63) is 0 Å². The molecule has 0 heterocycles. The van der Waals surface area contributed by atoms with Crippen molar-refractivity contribution >= 4 is 11.9 Å². The first-order chi connectivity index (χ1) is 13.2. The van der Waals surface area contributed by atoms with E-state index in [2.05, 4.69) is 41.5 Å². The molecular formula is C24H42O4. The lowest BCUT2D eigenvalue weighted by atomic mass is 9.75. The molecule has 5 unspecified atom stereocenters. The first-order valence-corrected chi connectivity index (χ1v) is 11.6. The van der Waals surface area contributed by atoms with Crippen molar-refractivity contribution in [2.24, 2.45) is 35.5 Å². The Labute approximate surface area is 172 Å². The van der Waals surface area contributed by atoms with Crippen LogP contribution in [0, 0.1) is 35.5 Å². The summed E-state index contributed by atoms with van der Waals surface area (Å²) in [5, 5.41) is 0. The molecule has 0 amide bonds. The van der Waals surface area contributed by atoms with E-state index < -0.39 is 0 Å². The van der Waals surface area contributed by atoms with E-state index in [1.54, 1.807) is 0 Å². The Bertz CT molecular complexity index is 467. The zero-order valence-electron chi connectivity index (χ0n) is 18.9. The second kappa shape index (κ2) is 10.6. The molecule has 4 heteroatoms. The molecule has 4 nitrogen and oxygen atoms in total. The molecule has 0 aromatic heterocycles. The molecule has 0 aromatic rings. The smallest absolute Gasteiger partial charge is 0.306 e. The van der Waals surface area contributed by atoms with Crippen LogP contribution in [0.5, 0.6) is 0 Å². The van der Waals surface area contributed by atoms with Crippen molar-refractivity contribution in [2.45, 2.75) is 105 Å². The molecule has 0 spiro atoms. The Morgan fingerprint density at radius 1 is 0.714 bits per heavy atom. The molecule has 0 bridgehead atoms. The average molecular weight is 395 g/mol. The fourth-order valence-corrected chi connectivity index (χ4v) is 5.16. The van der Waals surface area contributed by atoms with Crippen LogP contribution in [0.2, 0.25) is 0 Å². The summed E-state index contributed by atoms with van der Waals surface area (Å²) in [6.45, 7) is 13.3.